The Labute approximate surface area is 173 Å². The van der Waals surface area contributed by atoms with Crippen molar-refractivity contribution in [3.63, 3.8) is 0 Å². The average molecular weight is 420 g/mol. The van der Waals surface area contributed by atoms with Gasteiger partial charge in [-0.3, -0.25) is 4.79 Å². The number of ether oxygens (including phenoxy) is 2. The molecule has 0 saturated heterocycles. The van der Waals surface area contributed by atoms with Gasteiger partial charge in [-0.25, -0.2) is 13.1 Å². The van der Waals surface area contributed by atoms with Crippen LogP contribution in [0.25, 0.3) is 0 Å². The fraction of sp³-hybridized carbons (Fsp3) is 0.409. The minimum atomic E-state index is -3.26. The van der Waals surface area contributed by atoms with E-state index in [1.54, 1.807) is 13.8 Å². The van der Waals surface area contributed by atoms with E-state index in [2.05, 4.69) is 4.72 Å². The lowest BCUT2D eigenvalue weighted by atomic mass is 10.0. The molecule has 158 valence electrons. The Bertz CT molecular complexity index is 890. The van der Waals surface area contributed by atoms with Crippen molar-refractivity contribution in [3.8, 4) is 11.5 Å². The van der Waals surface area contributed by atoms with Crippen LogP contribution in [0.4, 0.5) is 0 Å². The van der Waals surface area contributed by atoms with E-state index in [1.165, 1.54) is 6.92 Å². The van der Waals surface area contributed by atoms with Crippen molar-refractivity contribution in [2.45, 2.75) is 45.3 Å². The molecule has 2 aromatic rings. The molecule has 0 aliphatic heterocycles. The maximum absolute atomic E-state index is 11.9. The quantitative estimate of drug-likeness (QED) is 0.588. The maximum atomic E-state index is 11.9. The second-order valence-corrected chi connectivity index (χ2v) is 9.57. The standard InChI is InChI=1S/C22H29NO5S/c1-16(2)29(25,26)23-15-17(3)20-7-11-22(12-8-20)28-21-9-5-19(6-10-21)13-14-27-18(4)24/h5-12,16-17,23H,13-15H2,1-4H3. The molecular formula is C22H29NO5S. The van der Waals surface area contributed by atoms with Crippen LogP contribution in [0.1, 0.15) is 44.7 Å². The Balaban J connectivity index is 1.89. The Kier molecular flexibility index (Phi) is 8.22. The summed E-state index contributed by atoms with van der Waals surface area (Å²) in [7, 11) is -3.26. The molecule has 0 fully saturated rings. The topological polar surface area (TPSA) is 81.7 Å². The number of nitrogens with one attached hydrogen (secondary N) is 1. The lowest BCUT2D eigenvalue weighted by molar-refractivity contribution is -0.140. The molecule has 0 heterocycles. The van der Waals surface area contributed by atoms with Crippen LogP contribution in [-0.2, 0) is 26.0 Å². The number of sulfonamides is 1. The van der Waals surface area contributed by atoms with E-state index in [1.807, 2.05) is 55.5 Å². The second kappa shape index (κ2) is 10.4. The summed E-state index contributed by atoms with van der Waals surface area (Å²) < 4.78 is 37.2. The highest BCUT2D eigenvalue weighted by molar-refractivity contribution is 7.90. The molecule has 0 radical (unpaired) electrons. The number of benzene rings is 2. The lowest BCUT2D eigenvalue weighted by Gasteiger charge is -2.15. The van der Waals surface area contributed by atoms with Crippen molar-refractivity contribution in [2.75, 3.05) is 13.2 Å². The zero-order valence-corrected chi connectivity index (χ0v) is 18.2. The van der Waals surface area contributed by atoms with Gasteiger partial charge in [0.05, 0.1) is 11.9 Å². The Morgan fingerprint density at radius 1 is 0.966 bits per heavy atom. The molecule has 0 aliphatic rings. The van der Waals surface area contributed by atoms with E-state index in [0.29, 0.717) is 31.1 Å². The highest BCUT2D eigenvalue weighted by Gasteiger charge is 2.17. The SMILES string of the molecule is CC(=O)OCCc1ccc(Oc2ccc(C(C)CNS(=O)(=O)C(C)C)cc2)cc1. The molecule has 0 saturated carbocycles. The van der Waals surface area contributed by atoms with Gasteiger partial charge in [0.1, 0.15) is 11.5 Å². The maximum Gasteiger partial charge on any atom is 0.302 e. The van der Waals surface area contributed by atoms with Crippen LogP contribution in [0.2, 0.25) is 0 Å². The van der Waals surface area contributed by atoms with Gasteiger partial charge >= 0.3 is 5.97 Å². The summed E-state index contributed by atoms with van der Waals surface area (Å²) in [6, 6.07) is 15.3. The van der Waals surface area contributed by atoms with Gasteiger partial charge in [0, 0.05) is 19.9 Å². The molecule has 0 aliphatic carbocycles. The number of esters is 1. The summed E-state index contributed by atoms with van der Waals surface area (Å²) in [5, 5.41) is -0.446. The molecule has 0 amide bonds. The number of carbonyl (C=O) groups is 1. The highest BCUT2D eigenvalue weighted by Crippen LogP contribution is 2.24. The van der Waals surface area contributed by atoms with Crippen molar-refractivity contribution < 1.29 is 22.7 Å². The smallest absolute Gasteiger partial charge is 0.302 e. The monoisotopic (exact) mass is 419 g/mol. The first-order valence-electron chi connectivity index (χ1n) is 9.66. The Hall–Kier alpha value is -2.38. The summed E-state index contributed by atoms with van der Waals surface area (Å²) in [6.45, 7) is 7.41. The van der Waals surface area contributed by atoms with Crippen molar-refractivity contribution >= 4 is 16.0 Å². The molecule has 1 unspecified atom stereocenters. The summed E-state index contributed by atoms with van der Waals surface area (Å²) in [5.74, 6) is 1.19. The molecule has 1 atom stereocenters. The van der Waals surface area contributed by atoms with Crippen molar-refractivity contribution in [1.29, 1.82) is 0 Å². The predicted molar refractivity (Wildman–Crippen MR) is 114 cm³/mol. The van der Waals surface area contributed by atoms with Crippen LogP contribution in [0.5, 0.6) is 11.5 Å². The second-order valence-electron chi connectivity index (χ2n) is 7.25. The fourth-order valence-corrected chi connectivity index (χ4v) is 3.38. The van der Waals surface area contributed by atoms with E-state index in [-0.39, 0.29) is 11.9 Å². The van der Waals surface area contributed by atoms with Gasteiger partial charge in [0.25, 0.3) is 0 Å². The van der Waals surface area contributed by atoms with E-state index < -0.39 is 15.3 Å². The van der Waals surface area contributed by atoms with Crippen molar-refractivity contribution in [3.05, 3.63) is 59.7 Å². The van der Waals surface area contributed by atoms with E-state index in [0.717, 1.165) is 11.1 Å². The van der Waals surface area contributed by atoms with Crippen molar-refractivity contribution in [2.24, 2.45) is 0 Å². The summed E-state index contributed by atoms with van der Waals surface area (Å²) in [5.41, 5.74) is 2.09. The third-order valence-electron chi connectivity index (χ3n) is 4.52. The van der Waals surface area contributed by atoms with Gasteiger partial charge in [-0.15, -0.1) is 0 Å². The highest BCUT2D eigenvalue weighted by atomic mass is 32.2. The summed E-state index contributed by atoms with van der Waals surface area (Å²) in [4.78, 5) is 10.8. The fourth-order valence-electron chi connectivity index (χ4n) is 2.56. The van der Waals surface area contributed by atoms with E-state index in [4.69, 9.17) is 9.47 Å². The third kappa shape index (κ3) is 7.51. The van der Waals surface area contributed by atoms with Crippen LogP contribution >= 0.6 is 0 Å². The zero-order chi connectivity index (χ0) is 21.4. The van der Waals surface area contributed by atoms with E-state index in [9.17, 15) is 13.2 Å². The van der Waals surface area contributed by atoms with Gasteiger partial charge in [-0.1, -0.05) is 31.2 Å². The van der Waals surface area contributed by atoms with E-state index >= 15 is 0 Å². The van der Waals surface area contributed by atoms with Gasteiger partial charge in [0.2, 0.25) is 10.0 Å². The summed E-state index contributed by atoms with van der Waals surface area (Å²) >= 11 is 0. The van der Waals surface area contributed by atoms with Crippen LogP contribution in [0, 0.1) is 0 Å². The first-order chi connectivity index (χ1) is 13.7. The Morgan fingerprint density at radius 3 is 2.03 bits per heavy atom. The number of rotatable bonds is 10. The van der Waals surface area contributed by atoms with Gasteiger partial charge in [0.15, 0.2) is 0 Å². The molecule has 0 aromatic heterocycles. The zero-order valence-electron chi connectivity index (χ0n) is 17.3. The van der Waals surface area contributed by atoms with Crippen molar-refractivity contribution in [1.82, 2.24) is 4.72 Å². The van der Waals surface area contributed by atoms with Gasteiger partial charge in [-0.2, -0.15) is 0 Å². The molecule has 0 spiro atoms. The first kappa shape index (κ1) is 22.9. The van der Waals surface area contributed by atoms with Crippen LogP contribution < -0.4 is 9.46 Å². The Morgan fingerprint density at radius 2 is 1.52 bits per heavy atom. The number of carbonyl (C=O) groups excluding carboxylic acids is 1. The number of hydrogen-bond acceptors (Lipinski definition) is 5. The average Bonchev–Trinajstić information content (AvgIpc) is 2.68. The summed E-state index contributed by atoms with van der Waals surface area (Å²) in [6.07, 6.45) is 0.660. The van der Waals surface area contributed by atoms with Crippen LogP contribution in [-0.4, -0.2) is 32.8 Å². The predicted octanol–water partition coefficient (Wildman–Crippen LogP) is 4.02. The first-order valence-corrected chi connectivity index (χ1v) is 11.2. The molecular weight excluding hydrogens is 390 g/mol. The molecule has 7 heteroatoms. The molecule has 6 nitrogen and oxygen atoms in total. The van der Waals surface area contributed by atoms with Gasteiger partial charge < -0.3 is 9.47 Å². The van der Waals surface area contributed by atoms with Gasteiger partial charge in [-0.05, 0) is 55.2 Å². The molecule has 1 N–H and O–H groups in total. The molecule has 0 bridgehead atoms. The largest absolute Gasteiger partial charge is 0.466 e. The lowest BCUT2D eigenvalue weighted by Crippen LogP contribution is -2.33. The minimum absolute atomic E-state index is 0.0501. The molecule has 29 heavy (non-hydrogen) atoms. The van der Waals surface area contributed by atoms with Crippen LogP contribution in [0.15, 0.2) is 48.5 Å². The number of hydrogen-bond donors (Lipinski definition) is 1. The molecule has 2 rings (SSSR count). The minimum Gasteiger partial charge on any atom is -0.466 e. The normalized spacial score (nSPS) is 12.6. The molecule has 2 aromatic carbocycles. The van der Waals surface area contributed by atoms with Crippen LogP contribution in [0.3, 0.4) is 0 Å². The third-order valence-corrected chi connectivity index (χ3v) is 6.33.